The molecular formula is C29H28N4O7S. The maximum absolute atomic E-state index is 13.6. The number of carbonyl (C=O) groups excluding carboxylic acids is 1. The summed E-state index contributed by atoms with van der Waals surface area (Å²) in [6.07, 6.45) is 2.65. The molecule has 0 radical (unpaired) electrons. The standard InChI is InChI=1S/C29H28N4O7S/c1-2-39-40-26-15-12-22(20-10-13-23(14-11-20)31-29(36)32-24-9-6-16-30-19-24)17-27(26)41(37,38)33-25(18-28(34)35)21-7-4-3-5-8-21/h3-17,19,25,33H,2,18H2,1H3,(H,34,35)(H2,31,32,36). The van der Waals surface area contributed by atoms with Crippen molar-refractivity contribution in [2.24, 2.45) is 0 Å². The number of carbonyl (C=O) groups is 2. The van der Waals surface area contributed by atoms with Gasteiger partial charge in [0, 0.05) is 11.9 Å². The first-order valence-electron chi connectivity index (χ1n) is 12.6. The Labute approximate surface area is 237 Å². The Bertz CT molecular complexity index is 1580. The fourth-order valence-corrected chi connectivity index (χ4v) is 5.27. The number of anilines is 2. The van der Waals surface area contributed by atoms with Crippen molar-refractivity contribution in [1.82, 2.24) is 9.71 Å². The predicted molar refractivity (Wildman–Crippen MR) is 153 cm³/mol. The molecular weight excluding hydrogens is 548 g/mol. The highest BCUT2D eigenvalue weighted by atomic mass is 32.2. The molecule has 11 nitrogen and oxygen atoms in total. The van der Waals surface area contributed by atoms with Crippen molar-refractivity contribution in [3.63, 3.8) is 0 Å². The number of amides is 2. The monoisotopic (exact) mass is 576 g/mol. The number of hydrogen-bond acceptors (Lipinski definition) is 7. The molecule has 0 aliphatic carbocycles. The molecule has 2 amide bonds. The molecule has 212 valence electrons. The number of urea groups is 1. The van der Waals surface area contributed by atoms with Crippen LogP contribution in [0, 0.1) is 0 Å². The van der Waals surface area contributed by atoms with Gasteiger partial charge in [-0.3, -0.25) is 9.78 Å². The van der Waals surface area contributed by atoms with Gasteiger partial charge in [0.25, 0.3) is 0 Å². The molecule has 0 saturated carbocycles. The molecule has 4 rings (SSSR count). The van der Waals surface area contributed by atoms with Gasteiger partial charge in [0.1, 0.15) is 4.90 Å². The number of pyridine rings is 1. The van der Waals surface area contributed by atoms with Crippen molar-refractivity contribution in [3.8, 4) is 16.9 Å². The number of nitrogens with zero attached hydrogens (tertiary/aromatic N) is 1. The van der Waals surface area contributed by atoms with Gasteiger partial charge in [0.05, 0.1) is 31.0 Å². The van der Waals surface area contributed by atoms with E-state index in [4.69, 9.17) is 9.78 Å². The van der Waals surface area contributed by atoms with E-state index < -0.39 is 34.5 Å². The van der Waals surface area contributed by atoms with Crippen LogP contribution in [0.5, 0.6) is 5.75 Å². The van der Waals surface area contributed by atoms with Gasteiger partial charge in [-0.25, -0.2) is 17.9 Å². The van der Waals surface area contributed by atoms with Crippen molar-refractivity contribution in [1.29, 1.82) is 0 Å². The Morgan fingerprint density at radius 3 is 2.27 bits per heavy atom. The predicted octanol–water partition coefficient (Wildman–Crippen LogP) is 5.22. The Morgan fingerprint density at radius 1 is 0.902 bits per heavy atom. The molecule has 0 fully saturated rings. The van der Waals surface area contributed by atoms with Gasteiger partial charge in [-0.2, -0.15) is 4.89 Å². The van der Waals surface area contributed by atoms with Crippen LogP contribution in [0.2, 0.25) is 0 Å². The van der Waals surface area contributed by atoms with Crippen molar-refractivity contribution in [2.75, 3.05) is 17.2 Å². The molecule has 4 aromatic rings. The zero-order chi connectivity index (χ0) is 29.2. The van der Waals surface area contributed by atoms with Gasteiger partial charge >= 0.3 is 12.0 Å². The Morgan fingerprint density at radius 2 is 1.61 bits per heavy atom. The summed E-state index contributed by atoms with van der Waals surface area (Å²) in [5.74, 6) is -1.22. The number of rotatable bonds is 12. The van der Waals surface area contributed by atoms with Gasteiger partial charge in [0.2, 0.25) is 10.0 Å². The summed E-state index contributed by atoms with van der Waals surface area (Å²) < 4.78 is 29.7. The van der Waals surface area contributed by atoms with E-state index in [1.807, 2.05) is 0 Å². The molecule has 0 saturated heterocycles. The van der Waals surface area contributed by atoms with Crippen LogP contribution in [0.15, 0.2) is 102 Å². The third-order valence-electron chi connectivity index (χ3n) is 5.77. The van der Waals surface area contributed by atoms with Crippen LogP contribution in [0.3, 0.4) is 0 Å². The molecule has 1 aromatic heterocycles. The number of carboxylic acids is 1. The number of benzene rings is 3. The lowest BCUT2D eigenvalue weighted by molar-refractivity contribution is -0.204. The van der Waals surface area contributed by atoms with Crippen LogP contribution >= 0.6 is 0 Å². The van der Waals surface area contributed by atoms with E-state index in [9.17, 15) is 23.1 Å². The highest BCUT2D eigenvalue weighted by Gasteiger charge is 2.27. The van der Waals surface area contributed by atoms with E-state index in [1.54, 1.807) is 85.9 Å². The van der Waals surface area contributed by atoms with Gasteiger partial charge in [-0.05, 0) is 60.0 Å². The summed E-state index contributed by atoms with van der Waals surface area (Å²) in [6, 6.07) is 21.7. The van der Waals surface area contributed by atoms with Crippen molar-refractivity contribution < 1.29 is 32.9 Å². The van der Waals surface area contributed by atoms with E-state index in [1.165, 1.54) is 18.3 Å². The Balaban J connectivity index is 1.59. The van der Waals surface area contributed by atoms with Gasteiger partial charge in [-0.15, -0.1) is 0 Å². The summed E-state index contributed by atoms with van der Waals surface area (Å²) in [4.78, 5) is 37.8. The maximum Gasteiger partial charge on any atom is 0.323 e. The van der Waals surface area contributed by atoms with Gasteiger partial charge in [0.15, 0.2) is 5.75 Å². The number of sulfonamides is 1. The molecule has 0 aliphatic heterocycles. The highest BCUT2D eigenvalue weighted by molar-refractivity contribution is 7.89. The zero-order valence-electron chi connectivity index (χ0n) is 22.0. The SMILES string of the molecule is CCOOc1ccc(-c2ccc(NC(=O)Nc3cccnc3)cc2)cc1S(=O)(=O)NC(CC(=O)O)c1ccccc1. The van der Waals surface area contributed by atoms with Crippen LogP contribution in [0.25, 0.3) is 11.1 Å². The average molecular weight is 577 g/mol. The largest absolute Gasteiger partial charge is 0.481 e. The average Bonchev–Trinajstić information content (AvgIpc) is 2.96. The number of carboxylic acid groups (broad SMARTS) is 1. The Hall–Kier alpha value is -4.78. The lowest BCUT2D eigenvalue weighted by Crippen LogP contribution is -2.30. The van der Waals surface area contributed by atoms with Crippen LogP contribution in [0.4, 0.5) is 16.2 Å². The molecule has 1 heterocycles. The summed E-state index contributed by atoms with van der Waals surface area (Å²) in [6.45, 7) is 1.86. The van der Waals surface area contributed by atoms with Crippen LogP contribution in [-0.2, 0) is 19.7 Å². The molecule has 1 unspecified atom stereocenters. The second-order valence-electron chi connectivity index (χ2n) is 8.73. The molecule has 0 spiro atoms. The normalized spacial score (nSPS) is 11.8. The first kappa shape index (κ1) is 29.2. The van der Waals surface area contributed by atoms with Gasteiger partial charge < -0.3 is 20.6 Å². The number of nitrogens with one attached hydrogen (secondary N) is 3. The third kappa shape index (κ3) is 8.11. The zero-order valence-corrected chi connectivity index (χ0v) is 22.8. The van der Waals surface area contributed by atoms with Crippen LogP contribution in [-0.4, -0.2) is 37.1 Å². The molecule has 12 heteroatoms. The second-order valence-corrected chi connectivity index (χ2v) is 10.4. The van der Waals surface area contributed by atoms with E-state index in [-0.39, 0.29) is 17.3 Å². The maximum atomic E-state index is 13.6. The topological polar surface area (TPSA) is 156 Å². The molecule has 41 heavy (non-hydrogen) atoms. The van der Waals surface area contributed by atoms with Gasteiger partial charge in [-0.1, -0.05) is 48.5 Å². The number of aromatic nitrogens is 1. The van der Waals surface area contributed by atoms with E-state index in [0.29, 0.717) is 28.1 Å². The minimum atomic E-state index is -4.29. The molecule has 0 aliphatic rings. The lowest BCUT2D eigenvalue weighted by Gasteiger charge is -2.19. The fourth-order valence-electron chi connectivity index (χ4n) is 3.90. The minimum absolute atomic E-state index is 0.0596. The Kier molecular flexibility index (Phi) is 9.64. The molecule has 0 bridgehead atoms. The summed E-state index contributed by atoms with van der Waals surface area (Å²) in [7, 11) is -4.29. The van der Waals surface area contributed by atoms with Crippen LogP contribution < -0.4 is 20.2 Å². The minimum Gasteiger partial charge on any atom is -0.481 e. The van der Waals surface area contributed by atoms with E-state index in [0.717, 1.165) is 0 Å². The summed E-state index contributed by atoms with van der Waals surface area (Å²) in [5.41, 5.74) is 2.75. The number of hydrogen-bond donors (Lipinski definition) is 4. The number of aliphatic carboxylic acids is 1. The quantitative estimate of drug-likeness (QED) is 0.132. The summed E-state index contributed by atoms with van der Waals surface area (Å²) >= 11 is 0. The molecule has 1 atom stereocenters. The first-order valence-corrected chi connectivity index (χ1v) is 14.0. The first-order chi connectivity index (χ1) is 19.7. The molecule has 3 aromatic carbocycles. The molecule has 4 N–H and O–H groups in total. The third-order valence-corrected chi connectivity index (χ3v) is 7.27. The smallest absolute Gasteiger partial charge is 0.323 e. The van der Waals surface area contributed by atoms with Crippen LogP contribution in [0.1, 0.15) is 24.9 Å². The van der Waals surface area contributed by atoms with E-state index in [2.05, 4.69) is 20.3 Å². The second kappa shape index (κ2) is 13.5. The van der Waals surface area contributed by atoms with E-state index >= 15 is 0 Å². The lowest BCUT2D eigenvalue weighted by atomic mass is 10.1. The summed E-state index contributed by atoms with van der Waals surface area (Å²) in [5, 5.41) is 14.8. The van der Waals surface area contributed by atoms with Crippen molar-refractivity contribution in [2.45, 2.75) is 24.3 Å². The van der Waals surface area contributed by atoms with Crippen molar-refractivity contribution in [3.05, 3.63) is 103 Å². The highest BCUT2D eigenvalue weighted by Crippen LogP contribution is 2.32. The fraction of sp³-hybridized carbons (Fsp3) is 0.138. The van der Waals surface area contributed by atoms with Crippen molar-refractivity contribution >= 4 is 33.4 Å².